The maximum absolute atomic E-state index is 13.4. The summed E-state index contributed by atoms with van der Waals surface area (Å²) >= 11 is 3.47. The van der Waals surface area contributed by atoms with Crippen LogP contribution in [-0.2, 0) is 4.79 Å². The number of carbonyl (C=O) groups is 1. The van der Waals surface area contributed by atoms with Crippen molar-refractivity contribution in [1.82, 2.24) is 15.0 Å². The van der Waals surface area contributed by atoms with Crippen LogP contribution in [0.3, 0.4) is 0 Å². The van der Waals surface area contributed by atoms with E-state index in [4.69, 9.17) is 15.0 Å². The van der Waals surface area contributed by atoms with E-state index < -0.39 is 0 Å². The van der Waals surface area contributed by atoms with Crippen LogP contribution in [0.2, 0.25) is 0 Å². The molecule has 1 N–H and O–H groups in total. The Hall–Kier alpha value is -1.34. The molecule has 7 heteroatoms. The van der Waals surface area contributed by atoms with Crippen LogP contribution in [0.5, 0.6) is 0 Å². The molecular formula is C33H56N4OS2. The Kier molecular flexibility index (Phi) is 15.3. The predicted molar refractivity (Wildman–Crippen MR) is 175 cm³/mol. The Morgan fingerprint density at radius 3 is 1.65 bits per heavy atom. The molecule has 1 unspecified atom stereocenters. The molecule has 0 saturated carbocycles. The van der Waals surface area contributed by atoms with Crippen molar-refractivity contribution < 1.29 is 4.79 Å². The van der Waals surface area contributed by atoms with Gasteiger partial charge >= 0.3 is 0 Å². The summed E-state index contributed by atoms with van der Waals surface area (Å²) in [6.45, 7) is 17.2. The van der Waals surface area contributed by atoms with Crippen molar-refractivity contribution in [2.45, 2.75) is 143 Å². The number of rotatable bonds is 18. The Bertz CT molecular complexity index is 939. The molecule has 1 heterocycles. The zero-order valence-electron chi connectivity index (χ0n) is 26.7. The minimum absolute atomic E-state index is 0.176. The van der Waals surface area contributed by atoms with Gasteiger partial charge in [-0.3, -0.25) is 4.79 Å². The van der Waals surface area contributed by atoms with Crippen LogP contribution in [-0.4, -0.2) is 32.2 Å². The lowest BCUT2D eigenvalue weighted by molar-refractivity contribution is -0.121. The summed E-state index contributed by atoms with van der Waals surface area (Å²) in [6.07, 6.45) is 19.5. The highest BCUT2D eigenvalue weighted by molar-refractivity contribution is 7.99. The van der Waals surface area contributed by atoms with Crippen LogP contribution in [0.1, 0.15) is 132 Å². The average molecular weight is 589 g/mol. The molecule has 0 aromatic carbocycles. The van der Waals surface area contributed by atoms with E-state index in [1.807, 2.05) is 6.08 Å². The summed E-state index contributed by atoms with van der Waals surface area (Å²) in [7, 11) is 0. The number of anilines is 1. The number of unbranched alkanes of at least 4 members (excludes halogenated alkanes) is 10. The number of thioether (sulfide) groups is 2. The smallest absolute Gasteiger partial charge is 0.232 e. The van der Waals surface area contributed by atoms with Crippen molar-refractivity contribution >= 4 is 35.3 Å². The standard InChI is InChI=1S/C33H56N4OS2/c1-9-11-13-15-17-19-21-39-30-35-29(36-31(37-30)40-22-20-18-16-14-12-10-2)34-25-23-26(32(3,4)5)28(38)27(24-25)33(6,7)8/h23-24,26H,9-22H2,1-8H3,(H,34,35,36,37). The normalized spacial score (nSPS) is 16.2. The van der Waals surface area contributed by atoms with Crippen molar-refractivity contribution in [2.24, 2.45) is 16.7 Å². The molecule has 0 saturated heterocycles. The van der Waals surface area contributed by atoms with Crippen molar-refractivity contribution in [3.05, 3.63) is 23.4 Å². The molecule has 0 fully saturated rings. The predicted octanol–water partition coefficient (Wildman–Crippen LogP) is 10.3. The van der Waals surface area contributed by atoms with Crippen LogP contribution in [0.25, 0.3) is 0 Å². The third kappa shape index (κ3) is 12.7. The van der Waals surface area contributed by atoms with Gasteiger partial charge in [-0.25, -0.2) is 0 Å². The molecule has 1 aliphatic rings. The highest BCUT2D eigenvalue weighted by Gasteiger charge is 2.38. The van der Waals surface area contributed by atoms with Gasteiger partial charge < -0.3 is 5.32 Å². The van der Waals surface area contributed by atoms with Crippen LogP contribution < -0.4 is 5.32 Å². The third-order valence-corrected chi connectivity index (χ3v) is 9.11. The van der Waals surface area contributed by atoms with Gasteiger partial charge in [0, 0.05) is 28.7 Å². The summed E-state index contributed by atoms with van der Waals surface area (Å²) in [5.74, 6) is 2.64. The molecule has 0 spiro atoms. The minimum Gasteiger partial charge on any atom is -0.324 e. The third-order valence-electron chi connectivity index (χ3n) is 7.24. The van der Waals surface area contributed by atoms with Gasteiger partial charge in [-0.05, 0) is 35.8 Å². The highest BCUT2D eigenvalue weighted by atomic mass is 32.2. The zero-order valence-corrected chi connectivity index (χ0v) is 28.3. The van der Waals surface area contributed by atoms with Gasteiger partial charge in [-0.1, -0.05) is 143 Å². The topological polar surface area (TPSA) is 67.8 Å². The lowest BCUT2D eigenvalue weighted by atomic mass is 9.69. The number of ketones is 1. The highest BCUT2D eigenvalue weighted by Crippen LogP contribution is 2.39. The average Bonchev–Trinajstić information content (AvgIpc) is 2.87. The van der Waals surface area contributed by atoms with E-state index in [0.717, 1.165) is 33.1 Å². The Labute approximate surface area is 254 Å². The lowest BCUT2D eigenvalue weighted by Crippen LogP contribution is -2.35. The maximum Gasteiger partial charge on any atom is 0.232 e. The summed E-state index contributed by atoms with van der Waals surface area (Å²) in [5.41, 5.74) is 1.33. The van der Waals surface area contributed by atoms with Gasteiger partial charge in [-0.2, -0.15) is 15.0 Å². The second-order valence-corrected chi connectivity index (χ2v) is 15.3. The number of hydrogen-bond acceptors (Lipinski definition) is 7. The SMILES string of the molecule is CCCCCCCCSc1nc(NC2=CC(C(C)(C)C)C(=O)C(C(C)(C)C)=C2)nc(SCCCCCCCC)n1. The first kappa shape index (κ1) is 34.9. The van der Waals surface area contributed by atoms with E-state index >= 15 is 0 Å². The molecule has 5 nitrogen and oxygen atoms in total. The van der Waals surface area contributed by atoms with Crippen LogP contribution >= 0.6 is 23.5 Å². The fraction of sp³-hybridized carbons (Fsp3) is 0.758. The number of Topliss-reactive ketones (excluding diaryl/α,β-unsaturated/α-hetero) is 1. The lowest BCUT2D eigenvalue weighted by Gasteiger charge is -2.35. The van der Waals surface area contributed by atoms with E-state index in [1.165, 1.54) is 77.0 Å². The first-order chi connectivity index (χ1) is 19.0. The molecule has 0 aliphatic heterocycles. The number of hydrogen-bond donors (Lipinski definition) is 1. The quantitative estimate of drug-likeness (QED) is 0.135. The van der Waals surface area contributed by atoms with Crippen molar-refractivity contribution in [3.63, 3.8) is 0 Å². The van der Waals surface area contributed by atoms with E-state index in [0.29, 0.717) is 5.95 Å². The van der Waals surface area contributed by atoms with E-state index in [1.54, 1.807) is 23.5 Å². The molecule has 0 radical (unpaired) electrons. The first-order valence-electron chi connectivity index (χ1n) is 15.7. The Morgan fingerprint density at radius 1 is 0.725 bits per heavy atom. The Morgan fingerprint density at radius 2 is 1.20 bits per heavy atom. The molecule has 1 atom stereocenters. The second kappa shape index (κ2) is 17.6. The molecule has 1 aromatic heterocycles. The minimum atomic E-state index is -0.239. The summed E-state index contributed by atoms with van der Waals surface area (Å²) in [6, 6.07) is 0. The molecule has 1 aliphatic carbocycles. The Balaban J connectivity index is 2.18. The van der Waals surface area contributed by atoms with Gasteiger partial charge in [0.25, 0.3) is 0 Å². The molecule has 0 bridgehead atoms. The monoisotopic (exact) mass is 588 g/mol. The molecule has 226 valence electrons. The first-order valence-corrected chi connectivity index (χ1v) is 17.7. The number of nitrogens with zero attached hydrogens (tertiary/aromatic N) is 3. The number of aromatic nitrogens is 3. The largest absolute Gasteiger partial charge is 0.324 e. The van der Waals surface area contributed by atoms with E-state index in [-0.39, 0.29) is 22.5 Å². The number of nitrogens with one attached hydrogen (secondary N) is 1. The van der Waals surface area contributed by atoms with Crippen molar-refractivity contribution in [2.75, 3.05) is 16.8 Å². The molecule has 1 aromatic rings. The van der Waals surface area contributed by atoms with Gasteiger partial charge in [0.2, 0.25) is 5.95 Å². The molecule has 0 amide bonds. The molecule has 40 heavy (non-hydrogen) atoms. The molecular weight excluding hydrogens is 533 g/mol. The van der Waals surface area contributed by atoms with Crippen LogP contribution in [0.4, 0.5) is 5.95 Å². The van der Waals surface area contributed by atoms with Crippen molar-refractivity contribution in [1.29, 1.82) is 0 Å². The van der Waals surface area contributed by atoms with E-state index in [2.05, 4.69) is 66.8 Å². The zero-order chi connectivity index (χ0) is 29.6. The van der Waals surface area contributed by atoms with E-state index in [9.17, 15) is 4.79 Å². The fourth-order valence-corrected chi connectivity index (χ4v) is 6.47. The van der Waals surface area contributed by atoms with Gasteiger partial charge in [0.15, 0.2) is 16.1 Å². The summed E-state index contributed by atoms with van der Waals surface area (Å²) < 4.78 is 0. The van der Waals surface area contributed by atoms with Crippen LogP contribution in [0.15, 0.2) is 33.7 Å². The maximum atomic E-state index is 13.4. The second-order valence-electron chi connectivity index (χ2n) is 13.2. The van der Waals surface area contributed by atoms with Crippen molar-refractivity contribution in [3.8, 4) is 0 Å². The number of carbonyl (C=O) groups excluding carboxylic acids is 1. The van der Waals surface area contributed by atoms with Crippen LogP contribution in [0, 0.1) is 16.7 Å². The van der Waals surface area contributed by atoms with Gasteiger partial charge in [0.1, 0.15) is 0 Å². The molecule has 2 rings (SSSR count). The summed E-state index contributed by atoms with van der Waals surface area (Å²) in [4.78, 5) is 27.8. The van der Waals surface area contributed by atoms with Gasteiger partial charge in [0.05, 0.1) is 0 Å². The fourth-order valence-electron chi connectivity index (χ4n) is 4.75. The van der Waals surface area contributed by atoms with Gasteiger partial charge in [-0.15, -0.1) is 0 Å². The number of allylic oxidation sites excluding steroid dienone is 3. The summed E-state index contributed by atoms with van der Waals surface area (Å²) in [5, 5.41) is 5.06.